The fourth-order valence-electron chi connectivity index (χ4n) is 3.97. The van der Waals surface area contributed by atoms with Crippen molar-refractivity contribution in [2.45, 2.75) is 44.6 Å². The number of anilines is 1. The Hall–Kier alpha value is -3.20. The van der Waals surface area contributed by atoms with Crippen LogP contribution in [0.3, 0.4) is 0 Å². The van der Waals surface area contributed by atoms with Crippen molar-refractivity contribution < 1.29 is 14.0 Å². The first-order valence-electron chi connectivity index (χ1n) is 10.3. The molecule has 2 amide bonds. The van der Waals surface area contributed by atoms with Crippen molar-refractivity contribution in [2.75, 3.05) is 18.0 Å². The Morgan fingerprint density at radius 1 is 1.13 bits per heavy atom. The van der Waals surface area contributed by atoms with E-state index in [1.807, 2.05) is 41.3 Å². The minimum absolute atomic E-state index is 0.0400. The second kappa shape index (κ2) is 10.5. The number of amides is 2. The number of benzene rings is 2. The summed E-state index contributed by atoms with van der Waals surface area (Å²) in [7, 11) is 0. The molecule has 6 heteroatoms. The molecule has 2 aromatic rings. The normalized spacial score (nSPS) is 15.6. The zero-order chi connectivity index (χ0) is 21.3. The highest BCUT2D eigenvalue weighted by Gasteiger charge is 2.29. The highest BCUT2D eigenvalue weighted by atomic mass is 19.1. The lowest BCUT2D eigenvalue weighted by molar-refractivity contribution is -0.133. The van der Waals surface area contributed by atoms with Crippen LogP contribution in [0, 0.1) is 17.1 Å². The summed E-state index contributed by atoms with van der Waals surface area (Å²) in [6.45, 7) is 0.975. The van der Waals surface area contributed by atoms with Gasteiger partial charge in [-0.05, 0) is 49.1 Å². The second-order valence-electron chi connectivity index (χ2n) is 7.51. The van der Waals surface area contributed by atoms with E-state index < -0.39 is 0 Å². The number of carbonyl (C=O) groups is 2. The van der Waals surface area contributed by atoms with Crippen LogP contribution in [0.15, 0.2) is 54.6 Å². The second-order valence-corrected chi connectivity index (χ2v) is 7.51. The Bertz CT molecular complexity index is 910. The van der Waals surface area contributed by atoms with Gasteiger partial charge in [0.25, 0.3) is 0 Å². The van der Waals surface area contributed by atoms with Crippen LogP contribution in [0.2, 0.25) is 0 Å². The summed E-state index contributed by atoms with van der Waals surface area (Å²) in [5, 5.41) is 8.90. The minimum atomic E-state index is -0.271. The summed E-state index contributed by atoms with van der Waals surface area (Å²) in [4.78, 5) is 29.0. The summed E-state index contributed by atoms with van der Waals surface area (Å²) in [6, 6.07) is 17.8. The summed E-state index contributed by atoms with van der Waals surface area (Å²) < 4.78 is 13.5. The lowest BCUT2D eigenvalue weighted by atomic mass is 10.0. The van der Waals surface area contributed by atoms with Gasteiger partial charge in [-0.3, -0.25) is 9.59 Å². The van der Waals surface area contributed by atoms with Crippen molar-refractivity contribution in [3.63, 3.8) is 0 Å². The number of para-hydroxylation sites is 1. The monoisotopic (exact) mass is 407 g/mol. The predicted molar refractivity (Wildman–Crippen MR) is 113 cm³/mol. The zero-order valence-corrected chi connectivity index (χ0v) is 17.0. The first kappa shape index (κ1) is 21.5. The van der Waals surface area contributed by atoms with Gasteiger partial charge < -0.3 is 9.80 Å². The lowest BCUT2D eigenvalue weighted by Gasteiger charge is -2.26. The molecule has 0 aromatic heterocycles. The Balaban J connectivity index is 1.59. The van der Waals surface area contributed by atoms with Crippen LogP contribution >= 0.6 is 0 Å². The van der Waals surface area contributed by atoms with E-state index in [-0.39, 0.29) is 42.9 Å². The largest absolute Gasteiger partial charge is 0.339 e. The van der Waals surface area contributed by atoms with Gasteiger partial charge in [-0.25, -0.2) is 4.39 Å². The molecule has 1 heterocycles. The van der Waals surface area contributed by atoms with Crippen molar-refractivity contribution in [1.29, 1.82) is 5.26 Å². The molecule has 0 radical (unpaired) electrons. The van der Waals surface area contributed by atoms with E-state index >= 15 is 0 Å². The van der Waals surface area contributed by atoms with Crippen molar-refractivity contribution >= 4 is 17.5 Å². The van der Waals surface area contributed by atoms with Crippen LogP contribution in [0.25, 0.3) is 0 Å². The van der Waals surface area contributed by atoms with E-state index in [0.717, 1.165) is 24.1 Å². The van der Waals surface area contributed by atoms with Crippen LogP contribution in [0.1, 0.15) is 37.7 Å². The van der Waals surface area contributed by atoms with Crippen molar-refractivity contribution in [3.05, 3.63) is 66.0 Å². The molecular weight excluding hydrogens is 381 g/mol. The lowest BCUT2D eigenvalue weighted by Crippen LogP contribution is -2.38. The van der Waals surface area contributed by atoms with Crippen LogP contribution < -0.4 is 4.90 Å². The maximum atomic E-state index is 13.5. The molecule has 0 saturated carbocycles. The van der Waals surface area contributed by atoms with E-state index in [0.29, 0.717) is 19.5 Å². The predicted octanol–water partition coefficient (Wildman–Crippen LogP) is 4.09. The number of nitriles is 1. The molecule has 1 aliphatic rings. The highest BCUT2D eigenvalue weighted by molar-refractivity contribution is 5.95. The number of hydrogen-bond donors (Lipinski definition) is 0. The molecule has 1 saturated heterocycles. The minimum Gasteiger partial charge on any atom is -0.339 e. The molecular formula is C24H26FN3O2. The number of halogens is 1. The Kier molecular flexibility index (Phi) is 7.56. The van der Waals surface area contributed by atoms with Gasteiger partial charge in [0.15, 0.2) is 0 Å². The topological polar surface area (TPSA) is 64.4 Å². The molecule has 0 N–H and O–H groups in total. The number of rotatable bonds is 8. The molecule has 5 nitrogen and oxygen atoms in total. The van der Waals surface area contributed by atoms with Gasteiger partial charge in [-0.1, -0.05) is 30.3 Å². The molecule has 1 aliphatic heterocycles. The van der Waals surface area contributed by atoms with E-state index in [4.69, 9.17) is 5.26 Å². The third-order valence-electron chi connectivity index (χ3n) is 5.43. The molecule has 0 spiro atoms. The highest BCUT2D eigenvalue weighted by Crippen LogP contribution is 2.23. The number of nitrogens with zero attached hydrogens (tertiary/aromatic N) is 3. The number of hydrogen-bond acceptors (Lipinski definition) is 3. The summed E-state index contributed by atoms with van der Waals surface area (Å²) in [6.07, 6.45) is 2.88. The Morgan fingerprint density at radius 2 is 1.93 bits per heavy atom. The van der Waals surface area contributed by atoms with E-state index in [2.05, 4.69) is 6.07 Å². The zero-order valence-electron chi connectivity index (χ0n) is 17.0. The third-order valence-corrected chi connectivity index (χ3v) is 5.43. The number of likely N-dealkylation sites (tertiary alicyclic amines) is 1. The van der Waals surface area contributed by atoms with E-state index in [1.165, 1.54) is 12.1 Å². The van der Waals surface area contributed by atoms with Gasteiger partial charge >= 0.3 is 0 Å². The molecule has 30 heavy (non-hydrogen) atoms. The standard InChI is InChI=1S/C24H26FN3O2/c25-20-8-4-7-19(17-20)18-22-11-5-15-28(22)24(30)13-12-23(29)27(16-6-14-26)21-9-2-1-3-10-21/h1-4,7-10,17,22H,5-6,11-13,15-16,18H2. The smallest absolute Gasteiger partial charge is 0.227 e. The first-order chi connectivity index (χ1) is 14.6. The van der Waals surface area contributed by atoms with Gasteiger partial charge in [0, 0.05) is 37.7 Å². The van der Waals surface area contributed by atoms with Gasteiger partial charge in [-0.2, -0.15) is 5.26 Å². The summed E-state index contributed by atoms with van der Waals surface area (Å²) >= 11 is 0. The van der Waals surface area contributed by atoms with Gasteiger partial charge in [-0.15, -0.1) is 0 Å². The maximum absolute atomic E-state index is 13.5. The maximum Gasteiger partial charge on any atom is 0.227 e. The fourth-order valence-corrected chi connectivity index (χ4v) is 3.97. The Labute approximate surface area is 176 Å². The van der Waals surface area contributed by atoms with Crippen molar-refractivity contribution in [3.8, 4) is 6.07 Å². The molecule has 3 rings (SSSR count). The molecule has 156 valence electrons. The first-order valence-corrected chi connectivity index (χ1v) is 10.3. The van der Waals surface area contributed by atoms with Crippen LogP contribution in [0.5, 0.6) is 0 Å². The van der Waals surface area contributed by atoms with Crippen molar-refractivity contribution in [2.24, 2.45) is 0 Å². The van der Waals surface area contributed by atoms with Crippen LogP contribution in [0.4, 0.5) is 10.1 Å². The molecule has 0 bridgehead atoms. The molecule has 1 atom stereocenters. The van der Waals surface area contributed by atoms with E-state index in [1.54, 1.807) is 11.0 Å². The average molecular weight is 407 g/mol. The fraction of sp³-hybridized carbons (Fsp3) is 0.375. The van der Waals surface area contributed by atoms with Crippen molar-refractivity contribution in [1.82, 2.24) is 4.90 Å². The molecule has 2 aromatic carbocycles. The molecule has 1 fully saturated rings. The Morgan fingerprint density at radius 3 is 2.67 bits per heavy atom. The SMILES string of the molecule is N#CCCN(C(=O)CCC(=O)N1CCCC1Cc1cccc(F)c1)c1ccccc1. The quantitative estimate of drug-likeness (QED) is 0.662. The van der Waals surface area contributed by atoms with Crippen LogP contribution in [-0.2, 0) is 16.0 Å². The molecule has 0 aliphatic carbocycles. The van der Waals surface area contributed by atoms with Crippen LogP contribution in [-0.4, -0.2) is 35.8 Å². The molecule has 1 unspecified atom stereocenters. The van der Waals surface area contributed by atoms with Gasteiger partial charge in [0.2, 0.25) is 11.8 Å². The summed E-state index contributed by atoms with van der Waals surface area (Å²) in [5.74, 6) is -0.478. The third kappa shape index (κ3) is 5.66. The number of carbonyl (C=O) groups excluding carboxylic acids is 2. The van der Waals surface area contributed by atoms with Gasteiger partial charge in [0.05, 0.1) is 12.5 Å². The summed E-state index contributed by atoms with van der Waals surface area (Å²) in [5.41, 5.74) is 1.61. The average Bonchev–Trinajstić information content (AvgIpc) is 3.21. The van der Waals surface area contributed by atoms with Gasteiger partial charge in [0.1, 0.15) is 5.82 Å². The van der Waals surface area contributed by atoms with E-state index in [9.17, 15) is 14.0 Å².